The van der Waals surface area contributed by atoms with Gasteiger partial charge in [0, 0.05) is 24.7 Å². The van der Waals surface area contributed by atoms with Crippen LogP contribution in [0.1, 0.15) is 40.5 Å². The van der Waals surface area contributed by atoms with E-state index in [-0.39, 0.29) is 12.1 Å². The first-order valence-corrected chi connectivity index (χ1v) is 7.63. The van der Waals surface area contributed by atoms with Gasteiger partial charge in [-0.1, -0.05) is 13.8 Å². The molecule has 0 radical (unpaired) electrons. The highest BCUT2D eigenvalue weighted by atomic mass is 16.3. The number of aliphatic hydroxyl groups excluding tert-OH is 1. The molecular formula is C15H35N3O. The highest BCUT2D eigenvalue weighted by Gasteiger charge is 2.27. The Morgan fingerprint density at radius 2 is 1.79 bits per heavy atom. The lowest BCUT2D eigenvalue weighted by molar-refractivity contribution is 0.111. The predicted molar refractivity (Wildman–Crippen MR) is 83.7 cm³/mol. The van der Waals surface area contributed by atoms with Gasteiger partial charge < -0.3 is 15.3 Å². The Morgan fingerprint density at radius 3 is 2.21 bits per heavy atom. The largest absolute Gasteiger partial charge is 0.394 e. The third-order valence-corrected chi connectivity index (χ3v) is 3.67. The van der Waals surface area contributed by atoms with Gasteiger partial charge in [-0.05, 0) is 53.9 Å². The Morgan fingerprint density at radius 1 is 1.16 bits per heavy atom. The van der Waals surface area contributed by atoms with Crippen LogP contribution in [-0.4, -0.2) is 73.4 Å². The zero-order valence-corrected chi connectivity index (χ0v) is 13.9. The van der Waals surface area contributed by atoms with Crippen molar-refractivity contribution in [2.24, 2.45) is 0 Å². The average Bonchev–Trinajstić information content (AvgIpc) is 2.34. The van der Waals surface area contributed by atoms with Crippen LogP contribution in [0.5, 0.6) is 0 Å². The molecule has 0 spiro atoms. The maximum Gasteiger partial charge on any atom is 0.0611 e. The number of likely N-dealkylation sites (N-methyl/N-ethyl adjacent to an activating group) is 2. The number of rotatable bonds is 11. The second kappa shape index (κ2) is 9.70. The summed E-state index contributed by atoms with van der Waals surface area (Å²) in [6.07, 6.45) is 2.15. The molecule has 2 N–H and O–H groups in total. The first-order valence-electron chi connectivity index (χ1n) is 7.63. The van der Waals surface area contributed by atoms with E-state index in [1.165, 1.54) is 6.42 Å². The van der Waals surface area contributed by atoms with E-state index in [4.69, 9.17) is 0 Å². The monoisotopic (exact) mass is 273 g/mol. The third-order valence-electron chi connectivity index (χ3n) is 3.67. The molecule has 0 amide bonds. The van der Waals surface area contributed by atoms with Gasteiger partial charge in [0.05, 0.1) is 6.61 Å². The van der Waals surface area contributed by atoms with E-state index in [0.29, 0.717) is 6.04 Å². The molecule has 0 bridgehead atoms. The molecule has 0 saturated heterocycles. The second-order valence-corrected chi connectivity index (χ2v) is 6.14. The molecule has 0 saturated carbocycles. The lowest BCUT2D eigenvalue weighted by Gasteiger charge is -2.37. The summed E-state index contributed by atoms with van der Waals surface area (Å²) < 4.78 is 0. The van der Waals surface area contributed by atoms with Crippen LogP contribution in [0.25, 0.3) is 0 Å². The first kappa shape index (κ1) is 18.8. The van der Waals surface area contributed by atoms with E-state index in [1.54, 1.807) is 0 Å². The van der Waals surface area contributed by atoms with E-state index in [1.807, 2.05) is 0 Å². The molecule has 0 fully saturated rings. The van der Waals surface area contributed by atoms with Crippen LogP contribution >= 0.6 is 0 Å². The Kier molecular flexibility index (Phi) is 9.62. The van der Waals surface area contributed by atoms with Crippen molar-refractivity contribution in [1.82, 2.24) is 15.1 Å². The van der Waals surface area contributed by atoms with Gasteiger partial charge in [0.2, 0.25) is 0 Å². The summed E-state index contributed by atoms with van der Waals surface area (Å²) in [5.74, 6) is 0. The summed E-state index contributed by atoms with van der Waals surface area (Å²) in [5.41, 5.74) is -0.168. The first-order chi connectivity index (χ1) is 8.88. The lowest BCUT2D eigenvalue weighted by Crippen LogP contribution is -2.51. The number of hydrogen-bond donors (Lipinski definition) is 2. The van der Waals surface area contributed by atoms with Gasteiger partial charge in [-0.2, -0.15) is 0 Å². The normalized spacial score (nSPS) is 16.9. The summed E-state index contributed by atoms with van der Waals surface area (Å²) in [6.45, 7) is 13.1. The number of nitrogens with zero attached hydrogens (tertiary/aromatic N) is 2. The van der Waals surface area contributed by atoms with Crippen molar-refractivity contribution < 1.29 is 5.11 Å². The predicted octanol–water partition coefficient (Wildman–Crippen LogP) is 1.40. The molecule has 0 aromatic rings. The lowest BCUT2D eigenvalue weighted by atomic mass is 9.93. The van der Waals surface area contributed by atoms with Gasteiger partial charge in [-0.25, -0.2) is 0 Å². The Bertz CT molecular complexity index is 223. The third kappa shape index (κ3) is 7.88. The minimum atomic E-state index is -0.168. The molecule has 2 atom stereocenters. The Balaban J connectivity index is 4.47. The molecule has 0 aliphatic carbocycles. The fraction of sp³-hybridized carbons (Fsp3) is 1.00. The Labute approximate surface area is 120 Å². The van der Waals surface area contributed by atoms with Gasteiger partial charge in [-0.15, -0.1) is 0 Å². The van der Waals surface area contributed by atoms with E-state index < -0.39 is 0 Å². The summed E-state index contributed by atoms with van der Waals surface area (Å²) in [5, 5.41) is 13.0. The van der Waals surface area contributed by atoms with Crippen LogP contribution in [-0.2, 0) is 0 Å². The van der Waals surface area contributed by atoms with E-state index in [9.17, 15) is 5.11 Å². The smallest absolute Gasteiger partial charge is 0.0611 e. The fourth-order valence-corrected chi connectivity index (χ4v) is 2.57. The van der Waals surface area contributed by atoms with Crippen molar-refractivity contribution in [3.63, 3.8) is 0 Å². The molecule has 4 nitrogen and oxygen atoms in total. The molecule has 4 heteroatoms. The molecular weight excluding hydrogens is 238 g/mol. The van der Waals surface area contributed by atoms with Crippen molar-refractivity contribution in [3.05, 3.63) is 0 Å². The molecule has 0 aliphatic rings. The minimum Gasteiger partial charge on any atom is -0.394 e. The molecule has 2 unspecified atom stereocenters. The summed E-state index contributed by atoms with van der Waals surface area (Å²) in [6, 6.07) is 0.482. The van der Waals surface area contributed by atoms with E-state index in [0.717, 1.165) is 32.6 Å². The molecule has 19 heavy (non-hydrogen) atoms. The van der Waals surface area contributed by atoms with Crippen molar-refractivity contribution >= 4 is 0 Å². The van der Waals surface area contributed by atoms with Gasteiger partial charge in [0.1, 0.15) is 0 Å². The molecule has 0 rings (SSSR count). The van der Waals surface area contributed by atoms with Gasteiger partial charge in [0.15, 0.2) is 0 Å². The number of aliphatic hydroxyl groups is 1. The standard InChI is InChI=1S/C15H35N3O/c1-7-9-18(11-10-17(5)6)14(3)12-15(4,13-19)16-8-2/h14,16,19H,7-13H2,1-6H3. The molecule has 0 aromatic carbocycles. The molecule has 116 valence electrons. The highest BCUT2D eigenvalue weighted by molar-refractivity contribution is 4.87. The van der Waals surface area contributed by atoms with Crippen LogP contribution in [0, 0.1) is 0 Å². The summed E-state index contributed by atoms with van der Waals surface area (Å²) in [7, 11) is 4.23. The van der Waals surface area contributed by atoms with Crippen LogP contribution < -0.4 is 5.32 Å². The molecule has 0 aromatic heterocycles. The van der Waals surface area contributed by atoms with Crippen LogP contribution in [0.2, 0.25) is 0 Å². The van der Waals surface area contributed by atoms with Gasteiger partial charge in [-0.3, -0.25) is 4.90 Å². The van der Waals surface area contributed by atoms with Crippen LogP contribution in [0.4, 0.5) is 0 Å². The molecule has 0 aliphatic heterocycles. The fourth-order valence-electron chi connectivity index (χ4n) is 2.57. The number of nitrogens with one attached hydrogen (secondary N) is 1. The summed E-state index contributed by atoms with van der Waals surface area (Å²) >= 11 is 0. The molecule has 0 heterocycles. The summed E-state index contributed by atoms with van der Waals surface area (Å²) in [4.78, 5) is 4.76. The second-order valence-electron chi connectivity index (χ2n) is 6.14. The SMILES string of the molecule is CCCN(CCN(C)C)C(C)CC(C)(CO)NCC. The zero-order valence-electron chi connectivity index (χ0n) is 13.9. The van der Waals surface area contributed by atoms with Crippen molar-refractivity contribution in [3.8, 4) is 0 Å². The maximum absolute atomic E-state index is 9.61. The topological polar surface area (TPSA) is 38.7 Å². The Hall–Kier alpha value is -0.160. The van der Waals surface area contributed by atoms with Crippen molar-refractivity contribution in [2.45, 2.75) is 52.1 Å². The van der Waals surface area contributed by atoms with E-state index >= 15 is 0 Å². The van der Waals surface area contributed by atoms with Crippen LogP contribution in [0.3, 0.4) is 0 Å². The number of hydrogen-bond acceptors (Lipinski definition) is 4. The van der Waals surface area contributed by atoms with Crippen LogP contribution in [0.15, 0.2) is 0 Å². The zero-order chi connectivity index (χ0) is 14.9. The quantitative estimate of drug-likeness (QED) is 0.597. The maximum atomic E-state index is 9.61. The van der Waals surface area contributed by atoms with Gasteiger partial charge >= 0.3 is 0 Å². The highest BCUT2D eigenvalue weighted by Crippen LogP contribution is 2.16. The minimum absolute atomic E-state index is 0.168. The van der Waals surface area contributed by atoms with Gasteiger partial charge in [0.25, 0.3) is 0 Å². The van der Waals surface area contributed by atoms with Crippen molar-refractivity contribution in [1.29, 1.82) is 0 Å². The van der Waals surface area contributed by atoms with Crippen molar-refractivity contribution in [2.75, 3.05) is 46.9 Å². The average molecular weight is 273 g/mol. The van der Waals surface area contributed by atoms with E-state index in [2.05, 4.69) is 56.9 Å².